The minimum atomic E-state index is -0.115. The molecule has 3 aliphatic rings. The first-order chi connectivity index (χ1) is 24.1. The number of esters is 2. The summed E-state index contributed by atoms with van der Waals surface area (Å²) in [7, 11) is 0. The average Bonchev–Trinajstić information content (AvgIpc) is 3.07. The van der Waals surface area contributed by atoms with Crippen molar-refractivity contribution in [2.45, 2.75) is 159 Å². The average molecular weight is 713 g/mol. The van der Waals surface area contributed by atoms with Gasteiger partial charge in [-0.2, -0.15) is 0 Å². The summed E-state index contributed by atoms with van der Waals surface area (Å²) in [5.74, 6) is 2.97. The van der Waals surface area contributed by atoms with E-state index in [0.717, 1.165) is 38.5 Å². The molecule has 0 N–H and O–H groups in total. The van der Waals surface area contributed by atoms with Crippen LogP contribution in [0.4, 0.5) is 0 Å². The molecule has 52 heavy (non-hydrogen) atoms. The molecular formula is C48H72O4. The summed E-state index contributed by atoms with van der Waals surface area (Å²) in [6.45, 7) is 27.7. The predicted octanol–water partition coefficient (Wildman–Crippen LogP) is 13.0. The SMILES string of the molecule is CC(C)(C)[C@@H]1CC(C(=O)Oc2ccc(C3(c4ccc(OC(=O)C5C[C@H](C(C)(C)C)C[C@@H](C(C)(C)C)C5)cc4)CCCCC3)cc2)C[C@@H](C(C)(C)C)C1. The summed E-state index contributed by atoms with van der Waals surface area (Å²) in [4.78, 5) is 27.3. The second-order valence-electron chi connectivity index (χ2n) is 21.6. The fraction of sp³-hybridized carbons (Fsp3) is 0.708. The number of carbonyl (C=O) groups is 2. The summed E-state index contributed by atoms with van der Waals surface area (Å²) < 4.78 is 12.2. The normalized spacial score (nSPS) is 27.5. The fourth-order valence-electron chi connectivity index (χ4n) is 9.83. The lowest BCUT2D eigenvalue weighted by atomic mass is 9.60. The Labute approximate surface area is 317 Å². The first-order valence-corrected chi connectivity index (χ1v) is 20.7. The van der Waals surface area contributed by atoms with E-state index in [-0.39, 0.29) is 50.8 Å². The smallest absolute Gasteiger partial charge is 0.314 e. The van der Waals surface area contributed by atoms with Crippen LogP contribution in [0.1, 0.15) is 165 Å². The summed E-state index contributed by atoms with van der Waals surface area (Å²) >= 11 is 0. The van der Waals surface area contributed by atoms with E-state index in [9.17, 15) is 9.59 Å². The van der Waals surface area contributed by atoms with Crippen LogP contribution in [0.2, 0.25) is 0 Å². The van der Waals surface area contributed by atoms with Gasteiger partial charge in [-0.25, -0.2) is 0 Å². The maximum Gasteiger partial charge on any atom is 0.314 e. The van der Waals surface area contributed by atoms with Gasteiger partial charge in [0.25, 0.3) is 0 Å². The molecule has 0 amide bonds. The van der Waals surface area contributed by atoms with E-state index < -0.39 is 0 Å². The van der Waals surface area contributed by atoms with Crippen LogP contribution in [-0.4, -0.2) is 11.9 Å². The number of hydrogen-bond acceptors (Lipinski definition) is 4. The van der Waals surface area contributed by atoms with Gasteiger partial charge in [0.15, 0.2) is 0 Å². The Hall–Kier alpha value is -2.62. The van der Waals surface area contributed by atoms with Gasteiger partial charge in [0.1, 0.15) is 11.5 Å². The van der Waals surface area contributed by atoms with Crippen molar-refractivity contribution in [2.24, 2.45) is 57.2 Å². The molecule has 4 atom stereocenters. The van der Waals surface area contributed by atoms with Crippen LogP contribution in [0, 0.1) is 57.2 Å². The highest BCUT2D eigenvalue weighted by atomic mass is 16.5. The van der Waals surface area contributed by atoms with Gasteiger partial charge in [0.05, 0.1) is 11.8 Å². The van der Waals surface area contributed by atoms with Crippen molar-refractivity contribution in [3.05, 3.63) is 59.7 Å². The van der Waals surface area contributed by atoms with E-state index in [2.05, 4.69) is 107 Å². The van der Waals surface area contributed by atoms with Crippen LogP contribution in [0.25, 0.3) is 0 Å². The molecule has 0 bridgehead atoms. The number of benzene rings is 2. The third kappa shape index (κ3) is 9.54. The lowest BCUT2D eigenvalue weighted by molar-refractivity contribution is -0.143. The fourth-order valence-corrected chi connectivity index (χ4v) is 9.83. The zero-order valence-electron chi connectivity index (χ0n) is 35.0. The molecule has 4 nitrogen and oxygen atoms in total. The van der Waals surface area contributed by atoms with Gasteiger partial charge in [0.2, 0.25) is 0 Å². The van der Waals surface area contributed by atoms with E-state index in [1.807, 2.05) is 24.3 Å². The van der Waals surface area contributed by atoms with E-state index >= 15 is 0 Å². The molecule has 0 radical (unpaired) electrons. The summed E-state index contributed by atoms with van der Waals surface area (Å²) in [6.07, 6.45) is 11.7. The van der Waals surface area contributed by atoms with Crippen molar-refractivity contribution in [3.8, 4) is 11.5 Å². The van der Waals surface area contributed by atoms with E-state index in [1.54, 1.807) is 0 Å². The summed E-state index contributed by atoms with van der Waals surface area (Å²) in [6, 6.07) is 16.7. The predicted molar refractivity (Wildman–Crippen MR) is 214 cm³/mol. The van der Waals surface area contributed by atoms with Gasteiger partial charge in [-0.15, -0.1) is 0 Å². The Morgan fingerprint density at radius 3 is 1.02 bits per heavy atom. The zero-order chi connectivity index (χ0) is 38.3. The molecular weight excluding hydrogens is 641 g/mol. The molecule has 0 aliphatic heterocycles. The lowest BCUT2D eigenvalue weighted by Crippen LogP contribution is -2.39. The highest BCUT2D eigenvalue weighted by Gasteiger charge is 2.44. The molecule has 0 saturated heterocycles. The van der Waals surface area contributed by atoms with Crippen LogP contribution in [0.5, 0.6) is 11.5 Å². The lowest BCUT2D eigenvalue weighted by Gasteiger charge is -2.45. The standard InChI is InChI=1S/C48H72O4/c1-44(2,3)36-26-32(27-37(30-36)45(4,5)6)42(49)51-40-20-16-34(17-21-40)48(24-14-13-15-25-48)35-18-22-41(23-19-35)52-43(50)33-28-38(46(7,8)9)31-39(29-33)47(10,11)12/h16-23,32-33,36-39H,13-15,24-31H2,1-12H3/t36-,37-,38+,39+. The van der Waals surface area contributed by atoms with Gasteiger partial charge < -0.3 is 9.47 Å². The van der Waals surface area contributed by atoms with Gasteiger partial charge in [-0.05, 0) is 132 Å². The van der Waals surface area contributed by atoms with Gasteiger partial charge >= 0.3 is 11.9 Å². The van der Waals surface area contributed by atoms with Crippen LogP contribution >= 0.6 is 0 Å². The topological polar surface area (TPSA) is 52.6 Å². The molecule has 0 aromatic heterocycles. The maximum atomic E-state index is 13.7. The van der Waals surface area contributed by atoms with Crippen molar-refractivity contribution in [1.82, 2.24) is 0 Å². The van der Waals surface area contributed by atoms with E-state index in [1.165, 1.54) is 43.2 Å². The molecule has 2 aromatic rings. The number of carbonyl (C=O) groups excluding carboxylic acids is 2. The molecule has 0 unspecified atom stereocenters. The van der Waals surface area contributed by atoms with Crippen LogP contribution in [0.15, 0.2) is 48.5 Å². The number of hydrogen-bond donors (Lipinski definition) is 0. The monoisotopic (exact) mass is 713 g/mol. The molecule has 5 rings (SSSR count). The second-order valence-corrected chi connectivity index (χ2v) is 21.6. The maximum absolute atomic E-state index is 13.7. The number of rotatable bonds is 6. The molecule has 288 valence electrons. The van der Waals surface area contributed by atoms with Gasteiger partial charge in [0, 0.05) is 5.41 Å². The van der Waals surface area contributed by atoms with Crippen molar-refractivity contribution >= 4 is 11.9 Å². The van der Waals surface area contributed by atoms with Crippen molar-refractivity contribution < 1.29 is 19.1 Å². The Balaban J connectivity index is 1.29. The quantitative estimate of drug-likeness (QED) is 0.221. The van der Waals surface area contributed by atoms with Crippen molar-refractivity contribution in [3.63, 3.8) is 0 Å². The summed E-state index contributed by atoms with van der Waals surface area (Å²) in [5, 5.41) is 0. The Kier molecular flexibility index (Phi) is 11.9. The van der Waals surface area contributed by atoms with Gasteiger partial charge in [-0.1, -0.05) is 127 Å². The van der Waals surface area contributed by atoms with Crippen molar-refractivity contribution in [2.75, 3.05) is 0 Å². The van der Waals surface area contributed by atoms with Crippen LogP contribution in [0.3, 0.4) is 0 Å². The number of ether oxygens (including phenoxy) is 2. The molecule has 0 heterocycles. The molecule has 0 spiro atoms. The first-order valence-electron chi connectivity index (χ1n) is 20.7. The minimum absolute atomic E-state index is 0.0721. The largest absolute Gasteiger partial charge is 0.426 e. The van der Waals surface area contributed by atoms with E-state index in [4.69, 9.17) is 9.47 Å². The second kappa shape index (κ2) is 15.3. The molecule has 4 heteroatoms. The highest BCUT2D eigenvalue weighted by molar-refractivity contribution is 5.76. The minimum Gasteiger partial charge on any atom is -0.426 e. The zero-order valence-corrected chi connectivity index (χ0v) is 35.0. The van der Waals surface area contributed by atoms with Crippen LogP contribution in [-0.2, 0) is 15.0 Å². The van der Waals surface area contributed by atoms with Gasteiger partial charge in [-0.3, -0.25) is 9.59 Å². The molecule has 2 aromatic carbocycles. The third-order valence-electron chi connectivity index (χ3n) is 13.9. The molecule has 3 fully saturated rings. The molecule has 3 aliphatic carbocycles. The molecule has 3 saturated carbocycles. The van der Waals surface area contributed by atoms with E-state index in [0.29, 0.717) is 35.2 Å². The Bertz CT molecular complexity index is 1350. The van der Waals surface area contributed by atoms with Crippen molar-refractivity contribution in [1.29, 1.82) is 0 Å². The Morgan fingerprint density at radius 1 is 0.462 bits per heavy atom. The first kappa shape index (κ1) is 40.6. The summed E-state index contributed by atoms with van der Waals surface area (Å²) in [5.41, 5.74) is 3.07. The highest BCUT2D eigenvalue weighted by Crippen LogP contribution is 2.51. The third-order valence-corrected chi connectivity index (χ3v) is 13.9. The van der Waals surface area contributed by atoms with Crippen LogP contribution < -0.4 is 9.47 Å². The Morgan fingerprint density at radius 2 is 0.750 bits per heavy atom.